The zero-order valence-electron chi connectivity index (χ0n) is 9.68. The molecule has 0 aliphatic carbocycles. The summed E-state index contributed by atoms with van der Waals surface area (Å²) in [6, 6.07) is 3.76. The van der Waals surface area contributed by atoms with Crippen molar-refractivity contribution in [1.82, 2.24) is 0 Å². The van der Waals surface area contributed by atoms with E-state index in [1.807, 2.05) is 0 Å². The Hall–Kier alpha value is -0.960. The molecular formula is C13H19F2N. The normalized spacial score (nSPS) is 12.8. The molecule has 1 unspecified atom stereocenters. The molecule has 3 heteroatoms. The third-order valence-electron chi connectivity index (χ3n) is 2.69. The highest BCUT2D eigenvalue weighted by molar-refractivity contribution is 5.18. The predicted octanol–water partition coefficient (Wildman–Crippen LogP) is 3.41. The summed E-state index contributed by atoms with van der Waals surface area (Å²) in [6.07, 6.45) is 4.29. The highest BCUT2D eigenvalue weighted by Crippen LogP contribution is 2.13. The quantitative estimate of drug-likeness (QED) is 0.791. The lowest BCUT2D eigenvalue weighted by Gasteiger charge is -2.10. The van der Waals surface area contributed by atoms with Gasteiger partial charge in [0.1, 0.15) is 11.6 Å². The van der Waals surface area contributed by atoms with E-state index >= 15 is 0 Å². The number of rotatable bonds is 6. The number of benzene rings is 1. The van der Waals surface area contributed by atoms with Crippen LogP contribution in [0.2, 0.25) is 0 Å². The molecule has 1 nitrogen and oxygen atoms in total. The van der Waals surface area contributed by atoms with E-state index in [0.717, 1.165) is 31.7 Å². The van der Waals surface area contributed by atoms with Gasteiger partial charge in [0.05, 0.1) is 0 Å². The fraction of sp³-hybridized carbons (Fsp3) is 0.538. The lowest BCUT2D eigenvalue weighted by atomic mass is 10.0. The van der Waals surface area contributed by atoms with E-state index in [-0.39, 0.29) is 17.7 Å². The molecule has 1 aromatic rings. The third-order valence-corrected chi connectivity index (χ3v) is 2.69. The molecule has 1 rings (SSSR count). The van der Waals surface area contributed by atoms with Gasteiger partial charge >= 0.3 is 0 Å². The van der Waals surface area contributed by atoms with Crippen molar-refractivity contribution < 1.29 is 8.78 Å². The van der Waals surface area contributed by atoms with E-state index in [9.17, 15) is 8.78 Å². The van der Waals surface area contributed by atoms with E-state index in [4.69, 9.17) is 5.73 Å². The zero-order chi connectivity index (χ0) is 12.0. The molecule has 0 bridgehead atoms. The summed E-state index contributed by atoms with van der Waals surface area (Å²) in [5.41, 5.74) is 6.30. The molecule has 0 aliphatic rings. The molecule has 0 aromatic heterocycles. The van der Waals surface area contributed by atoms with Crippen molar-refractivity contribution in [2.45, 2.75) is 45.1 Å². The van der Waals surface area contributed by atoms with E-state index in [1.165, 1.54) is 12.1 Å². The van der Waals surface area contributed by atoms with Crippen LogP contribution in [0.3, 0.4) is 0 Å². The smallest absolute Gasteiger partial charge is 0.126 e. The summed E-state index contributed by atoms with van der Waals surface area (Å²) in [6.45, 7) is 2.09. The van der Waals surface area contributed by atoms with Crippen LogP contribution in [0.25, 0.3) is 0 Å². The lowest BCUT2D eigenvalue weighted by Crippen LogP contribution is -2.19. The molecule has 16 heavy (non-hydrogen) atoms. The molecule has 0 heterocycles. The molecule has 0 spiro atoms. The van der Waals surface area contributed by atoms with Crippen LogP contribution in [0.5, 0.6) is 0 Å². The first-order valence-corrected chi connectivity index (χ1v) is 5.83. The Bertz CT molecular complexity index is 326. The molecule has 2 N–H and O–H groups in total. The van der Waals surface area contributed by atoms with Gasteiger partial charge in [0.25, 0.3) is 0 Å². The number of hydrogen-bond acceptors (Lipinski definition) is 1. The van der Waals surface area contributed by atoms with Gasteiger partial charge in [-0.25, -0.2) is 8.78 Å². The Morgan fingerprint density at radius 3 is 2.69 bits per heavy atom. The maximum absolute atomic E-state index is 13.2. The summed E-state index contributed by atoms with van der Waals surface area (Å²) in [7, 11) is 0. The van der Waals surface area contributed by atoms with E-state index in [0.29, 0.717) is 12.0 Å². The van der Waals surface area contributed by atoms with E-state index in [1.54, 1.807) is 0 Å². The minimum absolute atomic E-state index is 0.182. The molecule has 90 valence electrons. The number of aryl methyl sites for hydroxylation is 1. The summed E-state index contributed by atoms with van der Waals surface area (Å²) in [5.74, 6) is -0.709. The number of nitrogens with two attached hydrogens (primary N) is 1. The molecular weight excluding hydrogens is 208 g/mol. The molecule has 1 aromatic carbocycles. The fourth-order valence-electron chi connectivity index (χ4n) is 1.80. The van der Waals surface area contributed by atoms with Gasteiger partial charge in [0.2, 0.25) is 0 Å². The van der Waals surface area contributed by atoms with Gasteiger partial charge in [-0.3, -0.25) is 0 Å². The second-order valence-electron chi connectivity index (χ2n) is 4.18. The van der Waals surface area contributed by atoms with Crippen LogP contribution in [0.4, 0.5) is 8.78 Å². The summed E-state index contributed by atoms with van der Waals surface area (Å²) in [5, 5.41) is 0. The van der Waals surface area contributed by atoms with E-state index in [2.05, 4.69) is 6.92 Å². The fourth-order valence-corrected chi connectivity index (χ4v) is 1.80. The van der Waals surface area contributed by atoms with Crippen molar-refractivity contribution >= 4 is 0 Å². The minimum atomic E-state index is -0.380. The summed E-state index contributed by atoms with van der Waals surface area (Å²) < 4.78 is 26.1. The Balaban J connectivity index is 2.39. The van der Waals surface area contributed by atoms with Crippen LogP contribution in [0.1, 0.15) is 38.2 Å². The van der Waals surface area contributed by atoms with Crippen LogP contribution >= 0.6 is 0 Å². The highest BCUT2D eigenvalue weighted by atomic mass is 19.1. The standard InChI is InChI=1S/C13H19F2N/c1-2-4-12(16)6-3-5-10-9-11(14)7-8-13(10)15/h7-9,12H,2-6,16H2,1H3. The van der Waals surface area contributed by atoms with Crippen molar-refractivity contribution in [3.63, 3.8) is 0 Å². The van der Waals surface area contributed by atoms with Crippen molar-refractivity contribution in [3.05, 3.63) is 35.4 Å². The molecule has 0 saturated heterocycles. The Morgan fingerprint density at radius 2 is 2.00 bits per heavy atom. The first-order chi connectivity index (χ1) is 7.63. The van der Waals surface area contributed by atoms with Gasteiger partial charge in [-0.15, -0.1) is 0 Å². The first kappa shape index (κ1) is 13.1. The monoisotopic (exact) mass is 227 g/mol. The molecule has 0 fully saturated rings. The van der Waals surface area contributed by atoms with Gasteiger partial charge in [0, 0.05) is 6.04 Å². The molecule has 0 saturated carbocycles. The Morgan fingerprint density at radius 1 is 1.25 bits per heavy atom. The SMILES string of the molecule is CCCC(N)CCCc1cc(F)ccc1F. The molecule has 0 amide bonds. The van der Waals surface area contributed by atoms with Crippen LogP contribution in [-0.2, 0) is 6.42 Å². The third kappa shape index (κ3) is 4.27. The summed E-state index contributed by atoms with van der Waals surface area (Å²) in [4.78, 5) is 0. The average Bonchev–Trinajstić information content (AvgIpc) is 2.23. The van der Waals surface area contributed by atoms with Crippen LogP contribution in [-0.4, -0.2) is 6.04 Å². The lowest BCUT2D eigenvalue weighted by molar-refractivity contribution is 0.528. The number of halogens is 2. The summed E-state index contributed by atoms with van der Waals surface area (Å²) >= 11 is 0. The molecule has 0 radical (unpaired) electrons. The van der Waals surface area contributed by atoms with Gasteiger partial charge in [-0.2, -0.15) is 0 Å². The predicted molar refractivity (Wildman–Crippen MR) is 62.2 cm³/mol. The van der Waals surface area contributed by atoms with Crippen molar-refractivity contribution in [2.75, 3.05) is 0 Å². The largest absolute Gasteiger partial charge is 0.328 e. The highest BCUT2D eigenvalue weighted by Gasteiger charge is 2.05. The Kier molecular flexibility index (Phi) is 5.39. The van der Waals surface area contributed by atoms with E-state index < -0.39 is 0 Å². The van der Waals surface area contributed by atoms with Crippen molar-refractivity contribution in [2.24, 2.45) is 5.73 Å². The topological polar surface area (TPSA) is 26.0 Å². The van der Waals surface area contributed by atoms with Gasteiger partial charge in [-0.05, 0) is 49.4 Å². The second kappa shape index (κ2) is 6.59. The second-order valence-corrected chi connectivity index (χ2v) is 4.18. The maximum atomic E-state index is 13.2. The number of hydrogen-bond donors (Lipinski definition) is 1. The van der Waals surface area contributed by atoms with Crippen LogP contribution in [0.15, 0.2) is 18.2 Å². The van der Waals surface area contributed by atoms with Crippen molar-refractivity contribution in [3.8, 4) is 0 Å². The van der Waals surface area contributed by atoms with Crippen molar-refractivity contribution in [1.29, 1.82) is 0 Å². The maximum Gasteiger partial charge on any atom is 0.126 e. The van der Waals surface area contributed by atoms with Gasteiger partial charge in [0.15, 0.2) is 0 Å². The van der Waals surface area contributed by atoms with Gasteiger partial charge < -0.3 is 5.73 Å². The van der Waals surface area contributed by atoms with Crippen LogP contribution < -0.4 is 5.73 Å². The zero-order valence-corrected chi connectivity index (χ0v) is 9.68. The minimum Gasteiger partial charge on any atom is -0.328 e. The molecule has 0 aliphatic heterocycles. The van der Waals surface area contributed by atoms with Gasteiger partial charge in [-0.1, -0.05) is 13.3 Å². The first-order valence-electron chi connectivity index (χ1n) is 5.83. The van der Waals surface area contributed by atoms with Crippen LogP contribution in [0, 0.1) is 11.6 Å². The Labute approximate surface area is 95.7 Å². The average molecular weight is 227 g/mol. The molecule has 1 atom stereocenters.